The summed E-state index contributed by atoms with van der Waals surface area (Å²) >= 11 is 0. The van der Waals surface area contributed by atoms with E-state index in [1.165, 1.54) is 11.1 Å². The highest BCUT2D eigenvalue weighted by molar-refractivity contribution is 5.84. The molecular weight excluding hydrogens is 332 g/mol. The van der Waals surface area contributed by atoms with Gasteiger partial charge in [-0.1, -0.05) is 0 Å². The van der Waals surface area contributed by atoms with Crippen LogP contribution in [-0.4, -0.2) is 44.5 Å². The largest absolute Gasteiger partial charge is 0.504 e. The molecule has 2 aromatic rings. The number of hydrogen-bond donors (Lipinski definition) is 2. The lowest BCUT2D eigenvalue weighted by Gasteiger charge is -2.40. The third kappa shape index (κ3) is 2.40. The molecule has 0 spiro atoms. The lowest BCUT2D eigenvalue weighted by Crippen LogP contribution is -2.35. The zero-order chi connectivity index (χ0) is 18.4. The topological polar surface area (TPSA) is 77.2 Å². The predicted octanol–water partition coefficient (Wildman–Crippen LogP) is 2.46. The number of aromatic hydroxyl groups is 1. The van der Waals surface area contributed by atoms with Crippen LogP contribution in [0.1, 0.15) is 22.7 Å². The number of ether oxygens (including phenoxy) is 3. The third-order valence-electron chi connectivity index (χ3n) is 5.50. The second-order valence-corrected chi connectivity index (χ2v) is 6.80. The summed E-state index contributed by atoms with van der Waals surface area (Å²) in [7, 11) is 5.35. The number of hydrogen-bond acceptors (Lipinski definition) is 6. The van der Waals surface area contributed by atoms with Crippen molar-refractivity contribution in [2.24, 2.45) is 5.73 Å². The number of phenols is 1. The van der Waals surface area contributed by atoms with Gasteiger partial charge in [0.25, 0.3) is 0 Å². The number of rotatable bonds is 4. The molecule has 6 heteroatoms. The number of nitrogens with two attached hydrogens (primary N) is 1. The van der Waals surface area contributed by atoms with E-state index in [1.54, 1.807) is 14.2 Å². The number of benzene rings is 2. The van der Waals surface area contributed by atoms with Gasteiger partial charge in [-0.3, -0.25) is 10.6 Å². The Morgan fingerprint density at radius 1 is 1.15 bits per heavy atom. The first-order valence-corrected chi connectivity index (χ1v) is 8.76. The Morgan fingerprint density at radius 2 is 1.96 bits per heavy atom. The van der Waals surface area contributed by atoms with Crippen LogP contribution >= 0.6 is 0 Å². The van der Waals surface area contributed by atoms with Gasteiger partial charge in [-0.2, -0.15) is 0 Å². The van der Waals surface area contributed by atoms with Crippen LogP contribution in [0.2, 0.25) is 0 Å². The molecule has 2 aromatic carbocycles. The van der Waals surface area contributed by atoms with Crippen molar-refractivity contribution in [2.75, 3.05) is 34.5 Å². The lowest BCUT2D eigenvalue weighted by molar-refractivity contribution is 0.226. The molecule has 3 N–H and O–H groups in total. The van der Waals surface area contributed by atoms with Crippen LogP contribution in [0.3, 0.4) is 0 Å². The normalized spacial score (nSPS) is 18.1. The Balaban J connectivity index is 2.02. The molecule has 1 atom stereocenters. The molecule has 0 amide bonds. The molecule has 1 aliphatic carbocycles. The molecule has 2 aliphatic rings. The maximum atomic E-state index is 10.5. The van der Waals surface area contributed by atoms with E-state index in [4.69, 9.17) is 19.9 Å². The minimum absolute atomic E-state index is 0.0866. The van der Waals surface area contributed by atoms with Gasteiger partial charge in [0, 0.05) is 18.2 Å². The molecule has 4 rings (SSSR count). The summed E-state index contributed by atoms with van der Waals surface area (Å²) in [5, 5.41) is 10.5. The van der Waals surface area contributed by atoms with Crippen molar-refractivity contribution in [3.05, 3.63) is 34.9 Å². The molecule has 0 saturated carbocycles. The van der Waals surface area contributed by atoms with Crippen molar-refractivity contribution >= 4 is 0 Å². The molecule has 0 saturated heterocycles. The fourth-order valence-electron chi connectivity index (χ4n) is 4.29. The number of nitrogens with zero attached hydrogens (tertiary/aromatic N) is 1. The van der Waals surface area contributed by atoms with E-state index in [1.807, 2.05) is 18.2 Å². The summed E-state index contributed by atoms with van der Waals surface area (Å²) in [4.78, 5) is 2.36. The summed E-state index contributed by atoms with van der Waals surface area (Å²) in [5.74, 6) is 1.95. The van der Waals surface area contributed by atoms with Crippen LogP contribution in [0, 0.1) is 0 Å². The third-order valence-corrected chi connectivity index (χ3v) is 5.50. The maximum Gasteiger partial charge on any atom is 0.168 e. The Morgan fingerprint density at radius 3 is 2.65 bits per heavy atom. The molecule has 1 unspecified atom stereocenters. The van der Waals surface area contributed by atoms with Crippen LogP contribution in [0.25, 0.3) is 11.1 Å². The second kappa shape index (κ2) is 6.37. The van der Waals surface area contributed by atoms with Gasteiger partial charge in [0.15, 0.2) is 23.0 Å². The van der Waals surface area contributed by atoms with Gasteiger partial charge >= 0.3 is 0 Å². The Kier molecular flexibility index (Phi) is 4.17. The van der Waals surface area contributed by atoms with E-state index in [0.29, 0.717) is 17.2 Å². The minimum Gasteiger partial charge on any atom is -0.504 e. The molecule has 0 fully saturated rings. The molecule has 1 aliphatic heterocycles. The summed E-state index contributed by atoms with van der Waals surface area (Å²) in [6, 6.07) is 6.05. The van der Waals surface area contributed by atoms with E-state index >= 15 is 0 Å². The Bertz CT molecular complexity index is 866. The zero-order valence-electron chi connectivity index (χ0n) is 15.3. The van der Waals surface area contributed by atoms with Crippen LogP contribution < -0.4 is 19.9 Å². The highest BCUT2D eigenvalue weighted by atomic mass is 16.5. The average molecular weight is 356 g/mol. The minimum atomic E-state index is 0.0866. The highest BCUT2D eigenvalue weighted by Crippen LogP contribution is 2.53. The number of likely N-dealkylation sites (N-methyl/N-ethyl adjacent to an activating group) is 1. The van der Waals surface area contributed by atoms with Crippen molar-refractivity contribution in [3.63, 3.8) is 0 Å². The maximum absolute atomic E-state index is 10.5. The number of methoxy groups -OCH3 is 2. The van der Waals surface area contributed by atoms with Crippen LogP contribution in [-0.2, 0) is 12.8 Å². The molecule has 0 bridgehead atoms. The number of fused-ring (bicyclic) bond motifs is 2. The van der Waals surface area contributed by atoms with Crippen molar-refractivity contribution in [2.45, 2.75) is 18.9 Å². The van der Waals surface area contributed by atoms with E-state index in [0.717, 1.165) is 36.1 Å². The smallest absolute Gasteiger partial charge is 0.168 e. The first kappa shape index (κ1) is 17.0. The quantitative estimate of drug-likeness (QED) is 0.820. The van der Waals surface area contributed by atoms with Gasteiger partial charge in [0.2, 0.25) is 0 Å². The fourth-order valence-corrected chi connectivity index (χ4v) is 4.29. The Labute approximate surface area is 153 Å². The van der Waals surface area contributed by atoms with Crippen LogP contribution in [0.5, 0.6) is 23.0 Å². The van der Waals surface area contributed by atoms with Gasteiger partial charge in [0.1, 0.15) is 6.73 Å². The summed E-state index contributed by atoms with van der Waals surface area (Å²) in [6.07, 6.45) is 1.78. The van der Waals surface area contributed by atoms with Gasteiger partial charge in [-0.25, -0.2) is 0 Å². The van der Waals surface area contributed by atoms with Crippen LogP contribution in [0.15, 0.2) is 18.2 Å². The second-order valence-electron chi connectivity index (χ2n) is 6.80. The van der Waals surface area contributed by atoms with Crippen molar-refractivity contribution < 1.29 is 19.3 Å². The number of phenolic OH excluding ortho intramolecular Hbond substituents is 1. The first-order valence-electron chi connectivity index (χ1n) is 8.76. The van der Waals surface area contributed by atoms with Crippen molar-refractivity contribution in [1.82, 2.24) is 4.90 Å². The summed E-state index contributed by atoms with van der Waals surface area (Å²) in [6.45, 7) is 1.05. The van der Waals surface area contributed by atoms with Crippen molar-refractivity contribution in [3.8, 4) is 34.1 Å². The molecule has 1 heterocycles. The molecule has 138 valence electrons. The fraction of sp³-hybridized carbons (Fsp3) is 0.400. The average Bonchev–Trinajstić information content (AvgIpc) is 2.64. The SMILES string of the molecule is COc1cc2c(cc1OCN)CC1c3c(cc(O)c(OC)c3-2)CCN1C. The van der Waals surface area contributed by atoms with E-state index in [-0.39, 0.29) is 18.5 Å². The first-order chi connectivity index (χ1) is 12.6. The predicted molar refractivity (Wildman–Crippen MR) is 99.1 cm³/mol. The monoisotopic (exact) mass is 356 g/mol. The molecule has 6 nitrogen and oxygen atoms in total. The zero-order valence-corrected chi connectivity index (χ0v) is 15.3. The molecular formula is C20H24N2O4. The summed E-state index contributed by atoms with van der Waals surface area (Å²) < 4.78 is 16.7. The molecule has 26 heavy (non-hydrogen) atoms. The Hall–Kier alpha value is -2.44. The van der Waals surface area contributed by atoms with Crippen molar-refractivity contribution in [1.29, 1.82) is 0 Å². The standard InChI is InChI=1S/C20H24N2O4/c1-22-5-4-11-7-15(23)20(25-3)19-13-9-16(24-2)17(26-10-21)8-12(13)6-14(22)18(11)19/h7-9,14,23H,4-6,10,21H2,1-3H3. The lowest BCUT2D eigenvalue weighted by atomic mass is 9.76. The summed E-state index contributed by atoms with van der Waals surface area (Å²) in [5.41, 5.74) is 11.1. The van der Waals surface area contributed by atoms with Crippen LogP contribution in [0.4, 0.5) is 0 Å². The van der Waals surface area contributed by atoms with E-state index in [2.05, 4.69) is 11.9 Å². The van der Waals surface area contributed by atoms with Gasteiger partial charge in [-0.05, 0) is 60.3 Å². The van der Waals surface area contributed by atoms with E-state index in [9.17, 15) is 5.11 Å². The highest BCUT2D eigenvalue weighted by Gasteiger charge is 2.36. The van der Waals surface area contributed by atoms with E-state index < -0.39 is 0 Å². The molecule has 0 radical (unpaired) electrons. The van der Waals surface area contributed by atoms with Gasteiger partial charge < -0.3 is 19.3 Å². The van der Waals surface area contributed by atoms with Gasteiger partial charge in [-0.15, -0.1) is 0 Å². The van der Waals surface area contributed by atoms with Gasteiger partial charge in [0.05, 0.1) is 14.2 Å². The molecule has 0 aromatic heterocycles.